The average Bonchev–Trinajstić information content (AvgIpc) is 2.94. The molecule has 6 nitrogen and oxygen atoms in total. The van der Waals surface area contributed by atoms with E-state index in [4.69, 9.17) is 10.5 Å². The Labute approximate surface area is 119 Å². The van der Waals surface area contributed by atoms with E-state index in [-0.39, 0.29) is 17.0 Å². The Balaban J connectivity index is 2.38. The summed E-state index contributed by atoms with van der Waals surface area (Å²) >= 11 is 0. The van der Waals surface area contributed by atoms with E-state index in [0.717, 1.165) is 0 Å². The number of hydrogen-bond acceptors (Lipinski definition) is 4. The number of benzene rings is 1. The van der Waals surface area contributed by atoms with E-state index in [1.54, 1.807) is 12.1 Å². The number of carbonyl (C=O) groups is 1. The molecule has 2 aromatic heterocycles. The van der Waals surface area contributed by atoms with Gasteiger partial charge in [0.2, 0.25) is 6.33 Å². The lowest BCUT2D eigenvalue weighted by Crippen LogP contribution is -2.14. The molecule has 2 heterocycles. The highest BCUT2D eigenvalue weighted by molar-refractivity contribution is 5.99. The van der Waals surface area contributed by atoms with Gasteiger partial charge in [-0.15, -0.1) is 5.10 Å². The molecule has 0 fully saturated rings. The zero-order valence-corrected chi connectivity index (χ0v) is 11.0. The second-order valence-corrected chi connectivity index (χ2v) is 4.30. The van der Waals surface area contributed by atoms with Gasteiger partial charge in [-0.3, -0.25) is 4.79 Å². The molecule has 0 saturated carbocycles. The Hall–Kier alpha value is -2.96. The Morgan fingerprint density at radius 3 is 2.90 bits per heavy atom. The van der Waals surface area contributed by atoms with Crippen LogP contribution in [0.15, 0.2) is 30.3 Å². The predicted octanol–water partition coefficient (Wildman–Crippen LogP) is 1.44. The molecular weight excluding hydrogens is 275 g/mol. The third kappa shape index (κ3) is 2.08. The molecule has 1 radical (unpaired) electrons. The van der Waals surface area contributed by atoms with Crippen LogP contribution in [0.5, 0.6) is 5.75 Å². The van der Waals surface area contributed by atoms with Gasteiger partial charge in [0.15, 0.2) is 11.4 Å². The number of methoxy groups -OCH3 is 1. The van der Waals surface area contributed by atoms with E-state index in [9.17, 15) is 9.18 Å². The minimum Gasteiger partial charge on any atom is -0.492 e. The lowest BCUT2D eigenvalue weighted by atomic mass is 10.1. The van der Waals surface area contributed by atoms with Crippen molar-refractivity contribution in [2.45, 2.75) is 0 Å². The summed E-state index contributed by atoms with van der Waals surface area (Å²) in [6.45, 7) is 0. The Morgan fingerprint density at radius 2 is 2.24 bits per heavy atom. The van der Waals surface area contributed by atoms with E-state index in [2.05, 4.69) is 16.4 Å². The molecule has 1 amide bonds. The van der Waals surface area contributed by atoms with Crippen LogP contribution >= 0.6 is 0 Å². The van der Waals surface area contributed by atoms with Crippen LogP contribution in [0.2, 0.25) is 0 Å². The molecule has 2 N–H and O–H groups in total. The van der Waals surface area contributed by atoms with E-state index < -0.39 is 11.7 Å². The van der Waals surface area contributed by atoms with Crippen LogP contribution in [0.4, 0.5) is 4.39 Å². The highest BCUT2D eigenvalue weighted by atomic mass is 19.1. The van der Waals surface area contributed by atoms with Gasteiger partial charge < -0.3 is 10.5 Å². The maximum Gasteiger partial charge on any atom is 0.252 e. The van der Waals surface area contributed by atoms with E-state index >= 15 is 0 Å². The molecule has 0 bridgehead atoms. The molecule has 0 saturated heterocycles. The first kappa shape index (κ1) is 13.0. The highest BCUT2D eigenvalue weighted by Gasteiger charge is 2.19. The van der Waals surface area contributed by atoms with Crippen LogP contribution < -0.4 is 10.5 Å². The number of halogens is 1. The lowest BCUT2D eigenvalue weighted by Gasteiger charge is -2.11. The second kappa shape index (κ2) is 4.86. The number of nitrogens with two attached hydrogens (primary N) is 1. The molecule has 3 rings (SSSR count). The number of aromatic nitrogens is 3. The zero-order chi connectivity index (χ0) is 15.0. The van der Waals surface area contributed by atoms with Crippen molar-refractivity contribution in [3.8, 4) is 17.0 Å². The minimum absolute atomic E-state index is 0.144. The van der Waals surface area contributed by atoms with Crippen LogP contribution in [-0.4, -0.2) is 27.6 Å². The van der Waals surface area contributed by atoms with E-state index in [1.807, 2.05) is 0 Å². The summed E-state index contributed by atoms with van der Waals surface area (Å²) in [5.41, 5.74) is 6.79. The summed E-state index contributed by atoms with van der Waals surface area (Å²) < 4.78 is 20.0. The number of carbonyl (C=O) groups excluding carboxylic acids is 1. The molecule has 1 aromatic carbocycles. The number of pyridine rings is 1. The van der Waals surface area contributed by atoms with Crippen LogP contribution in [-0.2, 0) is 0 Å². The quantitative estimate of drug-likeness (QED) is 0.789. The maximum atomic E-state index is 13.4. The fourth-order valence-corrected chi connectivity index (χ4v) is 2.15. The number of amides is 1. The number of primary amides is 1. The smallest absolute Gasteiger partial charge is 0.252 e. The predicted molar refractivity (Wildman–Crippen MR) is 72.3 cm³/mol. The largest absolute Gasteiger partial charge is 0.492 e. The van der Waals surface area contributed by atoms with Crippen molar-refractivity contribution in [2.24, 2.45) is 5.73 Å². The number of nitrogens with zero attached hydrogens (tertiary/aromatic N) is 3. The van der Waals surface area contributed by atoms with Gasteiger partial charge in [-0.1, -0.05) is 12.1 Å². The van der Waals surface area contributed by atoms with Gasteiger partial charge in [-0.05, 0) is 18.2 Å². The zero-order valence-electron chi connectivity index (χ0n) is 11.0. The summed E-state index contributed by atoms with van der Waals surface area (Å²) in [5, 5.41) is 3.96. The van der Waals surface area contributed by atoms with Gasteiger partial charge >= 0.3 is 0 Å². The molecule has 0 aliphatic rings. The van der Waals surface area contributed by atoms with Crippen molar-refractivity contribution < 1.29 is 13.9 Å². The van der Waals surface area contributed by atoms with Crippen LogP contribution in [0.25, 0.3) is 16.9 Å². The van der Waals surface area contributed by atoms with Crippen molar-refractivity contribution in [1.29, 1.82) is 0 Å². The van der Waals surface area contributed by atoms with Gasteiger partial charge in [-0.2, -0.15) is 0 Å². The molecule has 0 aliphatic heterocycles. The van der Waals surface area contributed by atoms with Crippen LogP contribution in [0.3, 0.4) is 0 Å². The standard InChI is InChI=1S/C14H10FN4O2/c1-21-12-10(13(16)20)6-11(19-14(12)17-7-18-19)8-3-2-4-9(15)5-8/h2-6H,1H3,(H2,16,20). The summed E-state index contributed by atoms with van der Waals surface area (Å²) in [5.74, 6) is -0.868. The highest BCUT2D eigenvalue weighted by Crippen LogP contribution is 2.29. The van der Waals surface area contributed by atoms with Crippen molar-refractivity contribution in [3.63, 3.8) is 0 Å². The first-order valence-electron chi connectivity index (χ1n) is 6.01. The monoisotopic (exact) mass is 285 g/mol. The molecular formula is C14H10FN4O2. The number of ether oxygens (including phenoxy) is 1. The molecule has 0 aliphatic carbocycles. The van der Waals surface area contributed by atoms with Gasteiger partial charge in [0.1, 0.15) is 5.82 Å². The van der Waals surface area contributed by atoms with Crippen molar-refractivity contribution in [3.05, 3.63) is 48.0 Å². The second-order valence-electron chi connectivity index (χ2n) is 4.30. The molecule has 7 heteroatoms. The average molecular weight is 285 g/mol. The molecule has 105 valence electrons. The normalized spacial score (nSPS) is 10.8. The first-order valence-corrected chi connectivity index (χ1v) is 6.01. The van der Waals surface area contributed by atoms with Crippen molar-refractivity contribution >= 4 is 11.6 Å². The fourth-order valence-electron chi connectivity index (χ4n) is 2.15. The van der Waals surface area contributed by atoms with Gasteiger partial charge in [0.05, 0.1) is 18.4 Å². The first-order chi connectivity index (χ1) is 10.1. The van der Waals surface area contributed by atoms with Crippen molar-refractivity contribution in [2.75, 3.05) is 7.11 Å². The van der Waals surface area contributed by atoms with E-state index in [1.165, 1.54) is 29.8 Å². The number of hydrogen-bond donors (Lipinski definition) is 1. The molecule has 0 unspecified atom stereocenters. The molecule has 0 atom stereocenters. The fraction of sp³-hybridized carbons (Fsp3) is 0.0714. The third-order valence-corrected chi connectivity index (χ3v) is 3.05. The van der Waals surface area contributed by atoms with Gasteiger partial charge in [-0.25, -0.2) is 13.9 Å². The summed E-state index contributed by atoms with van der Waals surface area (Å²) in [6, 6.07) is 7.40. The Kier molecular flexibility index (Phi) is 3.02. The minimum atomic E-state index is -0.671. The molecule has 21 heavy (non-hydrogen) atoms. The van der Waals surface area contributed by atoms with Crippen molar-refractivity contribution in [1.82, 2.24) is 14.6 Å². The van der Waals surface area contributed by atoms with Gasteiger partial charge in [0, 0.05) is 5.56 Å². The topological polar surface area (TPSA) is 82.5 Å². The SMILES string of the molecule is COc1c(C(N)=O)cc(-c2cccc(F)c2)n2n[c]nc12. The van der Waals surface area contributed by atoms with Gasteiger partial charge in [0.25, 0.3) is 5.91 Å². The molecule has 3 aromatic rings. The number of fused-ring (bicyclic) bond motifs is 1. The summed E-state index contributed by atoms with van der Waals surface area (Å²) in [7, 11) is 1.40. The summed E-state index contributed by atoms with van der Waals surface area (Å²) in [6.07, 6.45) is 2.44. The third-order valence-electron chi connectivity index (χ3n) is 3.05. The lowest BCUT2D eigenvalue weighted by molar-refractivity contribution is 0.0997. The number of rotatable bonds is 3. The summed E-state index contributed by atoms with van der Waals surface area (Å²) in [4.78, 5) is 15.5. The maximum absolute atomic E-state index is 13.4. The molecule has 0 spiro atoms. The van der Waals surface area contributed by atoms with Crippen LogP contribution in [0.1, 0.15) is 10.4 Å². The Morgan fingerprint density at radius 1 is 1.43 bits per heavy atom. The van der Waals surface area contributed by atoms with E-state index in [0.29, 0.717) is 11.3 Å². The Bertz CT molecular complexity index is 844. The van der Waals surface area contributed by atoms with Crippen LogP contribution in [0, 0.1) is 12.1 Å².